The van der Waals surface area contributed by atoms with Crippen molar-refractivity contribution in [3.63, 3.8) is 0 Å². The van der Waals surface area contributed by atoms with Crippen LogP contribution in [0.1, 0.15) is 11.1 Å². The molecule has 0 amide bonds. The van der Waals surface area contributed by atoms with Gasteiger partial charge in [-0.25, -0.2) is 0 Å². The van der Waals surface area contributed by atoms with E-state index in [1.807, 2.05) is 11.3 Å². The Bertz CT molecular complexity index is 2430. The van der Waals surface area contributed by atoms with Crippen molar-refractivity contribution in [2.75, 3.05) is 0 Å². The van der Waals surface area contributed by atoms with Crippen molar-refractivity contribution in [3.05, 3.63) is 175 Å². The molecule has 212 valence electrons. The van der Waals surface area contributed by atoms with Crippen molar-refractivity contribution < 1.29 is 0 Å². The fourth-order valence-corrected chi connectivity index (χ4v) is 8.06. The van der Waals surface area contributed by atoms with Gasteiger partial charge in [0.1, 0.15) is 0 Å². The van der Waals surface area contributed by atoms with Crippen molar-refractivity contribution in [3.8, 4) is 27.9 Å². The predicted molar refractivity (Wildman–Crippen MR) is 194 cm³/mol. The molecule has 0 atom stereocenters. The summed E-state index contributed by atoms with van der Waals surface area (Å²) in [5, 5.41) is 5.20. The fourth-order valence-electron chi connectivity index (χ4n) is 6.84. The monoisotopic (exact) mass is 591 g/mol. The zero-order valence-corrected chi connectivity index (χ0v) is 25.5. The van der Waals surface area contributed by atoms with Crippen LogP contribution in [-0.2, 0) is 6.42 Å². The molecule has 1 nitrogen and oxygen atoms in total. The lowest BCUT2D eigenvalue weighted by Gasteiger charge is -2.13. The van der Waals surface area contributed by atoms with E-state index in [4.69, 9.17) is 0 Å². The molecule has 2 heteroatoms. The average molecular weight is 592 g/mol. The Morgan fingerprint density at radius 3 is 1.62 bits per heavy atom. The van der Waals surface area contributed by atoms with E-state index in [0.29, 0.717) is 0 Å². The van der Waals surface area contributed by atoms with E-state index in [1.54, 1.807) is 0 Å². The normalized spacial score (nSPS) is 11.6. The number of para-hydroxylation sites is 2. The maximum Gasteiger partial charge on any atom is 0.0541 e. The topological polar surface area (TPSA) is 4.93 Å². The Morgan fingerprint density at radius 1 is 0.422 bits per heavy atom. The largest absolute Gasteiger partial charge is 0.309 e. The van der Waals surface area contributed by atoms with Crippen molar-refractivity contribution in [1.82, 2.24) is 4.57 Å². The molecule has 0 unspecified atom stereocenters. The van der Waals surface area contributed by atoms with Crippen LogP contribution >= 0.6 is 11.3 Å². The van der Waals surface area contributed by atoms with E-state index in [0.717, 1.165) is 6.42 Å². The van der Waals surface area contributed by atoms with Gasteiger partial charge < -0.3 is 4.57 Å². The number of aromatic nitrogens is 1. The summed E-state index contributed by atoms with van der Waals surface area (Å²) in [6, 6.07) is 59.9. The van der Waals surface area contributed by atoms with Gasteiger partial charge >= 0.3 is 0 Å². The van der Waals surface area contributed by atoms with Crippen LogP contribution in [0.4, 0.5) is 0 Å². The van der Waals surface area contributed by atoms with Crippen LogP contribution in [0.5, 0.6) is 0 Å². The predicted octanol–water partition coefficient (Wildman–Crippen LogP) is 12.1. The molecule has 0 bridgehead atoms. The number of thiophene rings is 1. The van der Waals surface area contributed by atoms with Gasteiger partial charge in [0.05, 0.1) is 11.0 Å². The van der Waals surface area contributed by atoms with E-state index in [-0.39, 0.29) is 0 Å². The van der Waals surface area contributed by atoms with Crippen molar-refractivity contribution in [1.29, 1.82) is 0 Å². The van der Waals surface area contributed by atoms with Gasteiger partial charge in [-0.05, 0) is 64.6 Å². The van der Waals surface area contributed by atoms with Gasteiger partial charge in [0.15, 0.2) is 0 Å². The molecule has 9 aromatic rings. The third-order valence-corrected chi connectivity index (χ3v) is 10.3. The fraction of sp³-hybridized carbons (Fsp3) is 0.0233. The quantitative estimate of drug-likeness (QED) is 0.188. The molecule has 45 heavy (non-hydrogen) atoms. The first-order valence-corrected chi connectivity index (χ1v) is 16.3. The molecule has 0 saturated carbocycles. The Kier molecular flexibility index (Phi) is 6.14. The summed E-state index contributed by atoms with van der Waals surface area (Å²) in [6.07, 6.45) is 0.912. The van der Waals surface area contributed by atoms with E-state index in [1.165, 1.54) is 81.0 Å². The number of hydrogen-bond acceptors (Lipinski definition) is 1. The number of rotatable bonds is 5. The third-order valence-electron chi connectivity index (χ3n) is 9.04. The van der Waals surface area contributed by atoms with Gasteiger partial charge in [-0.1, -0.05) is 133 Å². The highest BCUT2D eigenvalue weighted by Crippen LogP contribution is 2.43. The molecule has 2 heterocycles. The van der Waals surface area contributed by atoms with Crippen LogP contribution in [0.2, 0.25) is 0 Å². The summed E-state index contributed by atoms with van der Waals surface area (Å²) < 4.78 is 5.10. The minimum atomic E-state index is 0.912. The van der Waals surface area contributed by atoms with Crippen molar-refractivity contribution in [2.45, 2.75) is 6.42 Å². The number of benzene rings is 7. The molecule has 0 N–H and O–H groups in total. The molecule has 0 fully saturated rings. The first-order valence-electron chi connectivity index (χ1n) is 15.5. The van der Waals surface area contributed by atoms with Crippen LogP contribution < -0.4 is 0 Å². The van der Waals surface area contributed by atoms with Gasteiger partial charge in [0, 0.05) is 42.2 Å². The molecule has 0 aliphatic heterocycles. The number of hydrogen-bond donors (Lipinski definition) is 0. The van der Waals surface area contributed by atoms with Gasteiger partial charge in [-0.15, -0.1) is 11.3 Å². The Hall–Kier alpha value is -5.44. The highest BCUT2D eigenvalue weighted by Gasteiger charge is 2.17. The summed E-state index contributed by atoms with van der Waals surface area (Å²) in [7, 11) is 0. The minimum absolute atomic E-state index is 0.912. The molecule has 0 aliphatic carbocycles. The van der Waals surface area contributed by atoms with Crippen LogP contribution in [0.25, 0.3) is 69.9 Å². The van der Waals surface area contributed by atoms with Crippen molar-refractivity contribution >= 4 is 53.3 Å². The first kappa shape index (κ1) is 26.0. The van der Waals surface area contributed by atoms with Gasteiger partial charge in [0.2, 0.25) is 0 Å². The number of nitrogens with zero attached hydrogens (tertiary/aromatic N) is 1. The molecule has 0 aliphatic rings. The van der Waals surface area contributed by atoms with E-state index < -0.39 is 0 Å². The smallest absolute Gasteiger partial charge is 0.0541 e. The van der Waals surface area contributed by atoms with Crippen LogP contribution in [0.3, 0.4) is 0 Å². The number of fused-ring (bicyclic) bond motifs is 6. The summed E-state index contributed by atoms with van der Waals surface area (Å²) in [6.45, 7) is 0. The highest BCUT2D eigenvalue weighted by molar-refractivity contribution is 7.26. The summed E-state index contributed by atoms with van der Waals surface area (Å²) in [5.41, 5.74) is 11.3. The lowest BCUT2D eigenvalue weighted by atomic mass is 9.97. The summed E-state index contributed by atoms with van der Waals surface area (Å²) >= 11 is 1.89. The SMILES string of the molecule is c1ccc(-c2ccc(Cc3ccc(-c4cc(-n5c6ccccc6c6ccccc65)cc5c4sc4ccccc45)cc3)cc2)cc1. The molecule has 0 saturated heterocycles. The average Bonchev–Trinajstić information content (AvgIpc) is 3.65. The lowest BCUT2D eigenvalue weighted by molar-refractivity contribution is 1.18. The zero-order chi connectivity index (χ0) is 29.7. The zero-order valence-electron chi connectivity index (χ0n) is 24.7. The maximum atomic E-state index is 2.44. The first-order chi connectivity index (χ1) is 22.3. The Balaban J connectivity index is 1.15. The van der Waals surface area contributed by atoms with Crippen molar-refractivity contribution in [2.24, 2.45) is 0 Å². The van der Waals surface area contributed by atoms with Crippen LogP contribution in [0, 0.1) is 0 Å². The molecular weight excluding hydrogens is 563 g/mol. The van der Waals surface area contributed by atoms with Gasteiger partial charge in [-0.2, -0.15) is 0 Å². The summed E-state index contributed by atoms with van der Waals surface area (Å²) in [5.74, 6) is 0. The summed E-state index contributed by atoms with van der Waals surface area (Å²) in [4.78, 5) is 0. The standard InChI is InChI=1S/C43H29NS/c1-2-10-31(11-3-1)32-22-18-29(19-23-32)26-30-20-24-33(25-21-30)38-27-34(28-39-37-14-6-9-17-42(37)45-43(38)39)44-40-15-7-4-12-35(40)36-13-5-8-16-41(36)44/h1-25,27-28H,26H2. The lowest BCUT2D eigenvalue weighted by Crippen LogP contribution is -1.95. The molecule has 0 spiro atoms. The molecule has 7 aromatic carbocycles. The maximum absolute atomic E-state index is 2.44. The second kappa shape index (κ2) is 10.6. The molecule has 9 rings (SSSR count). The molecular formula is C43H29NS. The van der Waals surface area contributed by atoms with Gasteiger partial charge in [0.25, 0.3) is 0 Å². The Labute approximate surface area is 266 Å². The Morgan fingerprint density at radius 2 is 0.956 bits per heavy atom. The van der Waals surface area contributed by atoms with E-state index in [2.05, 4.69) is 168 Å². The van der Waals surface area contributed by atoms with E-state index >= 15 is 0 Å². The minimum Gasteiger partial charge on any atom is -0.309 e. The second-order valence-electron chi connectivity index (χ2n) is 11.8. The van der Waals surface area contributed by atoms with Crippen LogP contribution in [-0.4, -0.2) is 4.57 Å². The van der Waals surface area contributed by atoms with Gasteiger partial charge in [-0.3, -0.25) is 0 Å². The second-order valence-corrected chi connectivity index (χ2v) is 12.8. The highest BCUT2D eigenvalue weighted by atomic mass is 32.1. The third kappa shape index (κ3) is 4.46. The van der Waals surface area contributed by atoms with E-state index in [9.17, 15) is 0 Å². The molecule has 0 radical (unpaired) electrons. The molecule has 2 aromatic heterocycles. The van der Waals surface area contributed by atoms with Crippen LogP contribution in [0.15, 0.2) is 164 Å².